The molecular weight excluding hydrogens is 196 g/mol. The van der Waals surface area contributed by atoms with E-state index in [4.69, 9.17) is 5.11 Å². The second-order valence-electron chi connectivity index (χ2n) is 3.84. The van der Waals surface area contributed by atoms with Gasteiger partial charge < -0.3 is 5.11 Å². The van der Waals surface area contributed by atoms with E-state index in [-0.39, 0.29) is 11.3 Å². The van der Waals surface area contributed by atoms with Crippen LogP contribution in [-0.2, 0) is 6.54 Å². The van der Waals surface area contributed by atoms with Gasteiger partial charge in [0.25, 0.3) is 5.56 Å². The number of carbonyl (C=O) groups is 1. The van der Waals surface area contributed by atoms with Gasteiger partial charge in [0.1, 0.15) is 0 Å². The van der Waals surface area contributed by atoms with Crippen molar-refractivity contribution >= 4 is 5.97 Å². The van der Waals surface area contributed by atoms with E-state index < -0.39 is 5.97 Å². The van der Waals surface area contributed by atoms with Crippen molar-refractivity contribution in [3.05, 3.63) is 28.2 Å². The van der Waals surface area contributed by atoms with Crippen LogP contribution >= 0.6 is 0 Å². The summed E-state index contributed by atoms with van der Waals surface area (Å²) in [5.74, 6) is -0.614. The van der Waals surface area contributed by atoms with Gasteiger partial charge in [-0.15, -0.1) is 0 Å². The van der Waals surface area contributed by atoms with Crippen molar-refractivity contribution in [2.75, 3.05) is 0 Å². The number of carboxylic acid groups (broad SMARTS) is 1. The molecule has 1 aliphatic carbocycles. The fraction of sp³-hybridized carbons (Fsp3) is 0.500. The number of carboxylic acids is 1. The number of hydrogen-bond acceptors (Lipinski definition) is 3. The molecule has 0 unspecified atom stereocenters. The molecule has 0 bridgehead atoms. The van der Waals surface area contributed by atoms with Gasteiger partial charge >= 0.3 is 5.97 Å². The fourth-order valence-electron chi connectivity index (χ4n) is 1.61. The van der Waals surface area contributed by atoms with Crippen LogP contribution in [0.4, 0.5) is 0 Å². The minimum absolute atomic E-state index is 0.0751. The molecule has 0 spiro atoms. The van der Waals surface area contributed by atoms with Crippen molar-refractivity contribution in [2.45, 2.75) is 25.8 Å². The molecule has 0 saturated heterocycles. The van der Waals surface area contributed by atoms with E-state index in [1.54, 1.807) is 0 Å². The molecule has 80 valence electrons. The van der Waals surface area contributed by atoms with Crippen molar-refractivity contribution in [3.63, 3.8) is 0 Å². The number of aromatic nitrogens is 2. The van der Waals surface area contributed by atoms with Crippen LogP contribution in [0.25, 0.3) is 0 Å². The molecule has 2 rings (SSSR count). The molecular formula is C10H12N2O3. The molecule has 1 N–H and O–H groups in total. The number of aromatic carboxylic acids is 1. The van der Waals surface area contributed by atoms with E-state index in [1.165, 1.54) is 23.2 Å². The lowest BCUT2D eigenvalue weighted by molar-refractivity contribution is 0.0686. The Morgan fingerprint density at radius 1 is 1.53 bits per heavy atom. The number of nitrogens with zero attached hydrogens (tertiary/aromatic N) is 2. The summed E-state index contributed by atoms with van der Waals surface area (Å²) in [4.78, 5) is 22.0. The van der Waals surface area contributed by atoms with E-state index in [2.05, 4.69) is 5.10 Å². The Bertz CT molecular complexity index is 435. The van der Waals surface area contributed by atoms with Crippen molar-refractivity contribution in [1.29, 1.82) is 0 Å². The molecule has 1 aromatic rings. The summed E-state index contributed by atoms with van der Waals surface area (Å²) in [6, 6.07) is 2.50. The van der Waals surface area contributed by atoms with E-state index in [9.17, 15) is 9.59 Å². The Balaban J connectivity index is 2.23. The first kappa shape index (κ1) is 9.89. The van der Waals surface area contributed by atoms with E-state index in [0.717, 1.165) is 12.8 Å². The lowest BCUT2D eigenvalue weighted by Gasteiger charge is -2.25. The van der Waals surface area contributed by atoms with Crippen LogP contribution in [0.15, 0.2) is 16.9 Å². The molecule has 5 heteroatoms. The summed E-state index contributed by atoms with van der Waals surface area (Å²) in [7, 11) is 0. The van der Waals surface area contributed by atoms with Gasteiger partial charge in [0.15, 0.2) is 5.69 Å². The van der Waals surface area contributed by atoms with Crippen molar-refractivity contribution in [3.8, 4) is 0 Å². The predicted octanol–water partition coefficient (Wildman–Crippen LogP) is 0.742. The van der Waals surface area contributed by atoms with Crippen LogP contribution in [0, 0.1) is 5.92 Å². The molecule has 0 aliphatic heterocycles. The normalized spacial score (nSPS) is 16.0. The molecule has 1 aliphatic rings. The van der Waals surface area contributed by atoms with Crippen molar-refractivity contribution < 1.29 is 9.90 Å². The first-order valence-corrected chi connectivity index (χ1v) is 4.98. The Kier molecular flexibility index (Phi) is 2.53. The Hall–Kier alpha value is -1.65. The molecule has 5 nitrogen and oxygen atoms in total. The van der Waals surface area contributed by atoms with Gasteiger partial charge in [-0.25, -0.2) is 9.48 Å². The smallest absolute Gasteiger partial charge is 0.356 e. The molecule has 0 amide bonds. The van der Waals surface area contributed by atoms with Crippen LogP contribution < -0.4 is 5.56 Å². The lowest BCUT2D eigenvalue weighted by atomic mass is 9.85. The average Bonchev–Trinajstić information content (AvgIpc) is 2.13. The van der Waals surface area contributed by atoms with Gasteiger partial charge in [-0.1, -0.05) is 6.42 Å². The highest BCUT2D eigenvalue weighted by Crippen LogP contribution is 2.26. The van der Waals surface area contributed by atoms with Crippen LogP contribution in [0.3, 0.4) is 0 Å². The third kappa shape index (κ3) is 2.06. The quantitative estimate of drug-likeness (QED) is 0.795. The molecule has 1 aromatic heterocycles. The van der Waals surface area contributed by atoms with Crippen molar-refractivity contribution in [1.82, 2.24) is 9.78 Å². The zero-order chi connectivity index (χ0) is 10.8. The predicted molar refractivity (Wildman–Crippen MR) is 52.8 cm³/mol. The molecule has 1 fully saturated rings. The summed E-state index contributed by atoms with van der Waals surface area (Å²) in [6.45, 7) is 0.542. The Morgan fingerprint density at radius 2 is 2.27 bits per heavy atom. The van der Waals surface area contributed by atoms with Gasteiger partial charge in [-0.2, -0.15) is 5.10 Å². The van der Waals surface area contributed by atoms with Gasteiger partial charge in [0.05, 0.1) is 0 Å². The Labute approximate surface area is 86.4 Å². The highest BCUT2D eigenvalue weighted by atomic mass is 16.4. The fourth-order valence-corrected chi connectivity index (χ4v) is 1.61. The van der Waals surface area contributed by atoms with E-state index in [0.29, 0.717) is 12.5 Å². The second kappa shape index (κ2) is 3.84. The van der Waals surface area contributed by atoms with Crippen LogP contribution in [-0.4, -0.2) is 20.9 Å². The number of rotatable bonds is 3. The number of hydrogen-bond donors (Lipinski definition) is 1. The Morgan fingerprint density at radius 3 is 2.80 bits per heavy atom. The maximum Gasteiger partial charge on any atom is 0.356 e. The van der Waals surface area contributed by atoms with Crippen molar-refractivity contribution in [2.24, 2.45) is 5.92 Å². The third-order valence-electron chi connectivity index (χ3n) is 2.74. The van der Waals surface area contributed by atoms with Gasteiger partial charge in [0, 0.05) is 12.6 Å². The monoisotopic (exact) mass is 208 g/mol. The van der Waals surface area contributed by atoms with E-state index >= 15 is 0 Å². The summed E-state index contributed by atoms with van der Waals surface area (Å²) < 4.78 is 1.26. The maximum atomic E-state index is 11.4. The molecule has 0 aromatic carbocycles. The average molecular weight is 208 g/mol. The maximum absolute atomic E-state index is 11.4. The largest absolute Gasteiger partial charge is 0.476 e. The minimum Gasteiger partial charge on any atom is -0.476 e. The third-order valence-corrected chi connectivity index (χ3v) is 2.74. The molecule has 0 atom stereocenters. The van der Waals surface area contributed by atoms with Crippen LogP contribution in [0.2, 0.25) is 0 Å². The second-order valence-corrected chi connectivity index (χ2v) is 3.84. The molecule has 0 radical (unpaired) electrons. The highest BCUT2D eigenvalue weighted by molar-refractivity contribution is 5.84. The topological polar surface area (TPSA) is 72.2 Å². The lowest BCUT2D eigenvalue weighted by Crippen LogP contribution is -2.29. The summed E-state index contributed by atoms with van der Waals surface area (Å²) in [6.07, 6.45) is 3.40. The standard InChI is InChI=1S/C10H12N2O3/c13-9-5-4-8(10(14)15)11-12(9)6-7-2-1-3-7/h4-5,7H,1-3,6H2,(H,14,15). The highest BCUT2D eigenvalue weighted by Gasteiger charge is 2.19. The van der Waals surface area contributed by atoms with Gasteiger partial charge in [-0.3, -0.25) is 4.79 Å². The van der Waals surface area contributed by atoms with E-state index in [1.807, 2.05) is 0 Å². The zero-order valence-corrected chi connectivity index (χ0v) is 8.22. The first-order valence-electron chi connectivity index (χ1n) is 4.98. The summed E-state index contributed by atoms with van der Waals surface area (Å²) >= 11 is 0. The van der Waals surface area contributed by atoms with Gasteiger partial charge in [0.2, 0.25) is 0 Å². The molecule has 1 saturated carbocycles. The minimum atomic E-state index is -1.10. The first-order chi connectivity index (χ1) is 7.16. The summed E-state index contributed by atoms with van der Waals surface area (Å²) in [5.41, 5.74) is -0.305. The summed E-state index contributed by atoms with van der Waals surface area (Å²) in [5, 5.41) is 12.5. The van der Waals surface area contributed by atoms with Crippen LogP contribution in [0.1, 0.15) is 29.8 Å². The molecule has 15 heavy (non-hydrogen) atoms. The van der Waals surface area contributed by atoms with Crippen LogP contribution in [0.5, 0.6) is 0 Å². The molecule has 1 heterocycles. The zero-order valence-electron chi connectivity index (χ0n) is 8.22. The van der Waals surface area contributed by atoms with Gasteiger partial charge in [-0.05, 0) is 24.8 Å². The SMILES string of the molecule is O=C(O)c1ccc(=O)n(CC2CCC2)n1.